The first kappa shape index (κ1) is 18.9. The molecule has 2 aromatic rings. The number of benzene rings is 2. The van der Waals surface area contributed by atoms with E-state index in [4.69, 9.17) is 11.6 Å². The fourth-order valence-corrected chi connectivity index (χ4v) is 4.94. The summed E-state index contributed by atoms with van der Waals surface area (Å²) in [5.74, 6) is -0.330. The number of nitrogens with one attached hydrogen (secondary N) is 1. The Balaban J connectivity index is 1.84. The summed E-state index contributed by atoms with van der Waals surface area (Å²) in [6.07, 6.45) is 2.05. The lowest BCUT2D eigenvalue weighted by Crippen LogP contribution is -2.49. The molecule has 0 bridgehead atoms. The highest BCUT2D eigenvalue weighted by Gasteiger charge is 2.37. The minimum atomic E-state index is -3.72. The van der Waals surface area contributed by atoms with E-state index >= 15 is 0 Å². The fraction of sp³-hybridized carbons (Fsp3) is 0.316. The van der Waals surface area contributed by atoms with Gasteiger partial charge in [0.2, 0.25) is 15.9 Å². The van der Waals surface area contributed by atoms with Crippen molar-refractivity contribution in [3.05, 3.63) is 59.1 Å². The molecule has 0 aliphatic carbocycles. The number of carbonyl (C=O) groups excluding carboxylic acids is 1. The second-order valence-electron chi connectivity index (χ2n) is 6.39. The predicted molar refractivity (Wildman–Crippen MR) is 103 cm³/mol. The van der Waals surface area contributed by atoms with Crippen molar-refractivity contribution < 1.29 is 13.2 Å². The summed E-state index contributed by atoms with van der Waals surface area (Å²) in [6.45, 7) is 2.22. The van der Waals surface area contributed by atoms with Crippen LogP contribution in [0.4, 0.5) is 5.69 Å². The van der Waals surface area contributed by atoms with Crippen molar-refractivity contribution in [2.75, 3.05) is 11.9 Å². The second kappa shape index (κ2) is 7.78. The molecule has 1 unspecified atom stereocenters. The molecule has 1 fully saturated rings. The van der Waals surface area contributed by atoms with Crippen molar-refractivity contribution in [1.82, 2.24) is 4.31 Å². The van der Waals surface area contributed by atoms with Gasteiger partial charge in [0.25, 0.3) is 0 Å². The van der Waals surface area contributed by atoms with Gasteiger partial charge in [0, 0.05) is 17.3 Å². The summed E-state index contributed by atoms with van der Waals surface area (Å²) in [4.78, 5) is 13.0. The summed E-state index contributed by atoms with van der Waals surface area (Å²) in [5, 5.41) is 3.36. The SMILES string of the molecule is Cc1ccc(NC(=O)C2CCCCN2S(=O)(=O)c2ccccc2)cc1Cl. The van der Waals surface area contributed by atoms with E-state index in [0.717, 1.165) is 18.4 Å². The smallest absolute Gasteiger partial charge is 0.243 e. The van der Waals surface area contributed by atoms with Gasteiger partial charge in [0.1, 0.15) is 6.04 Å². The molecule has 1 N–H and O–H groups in total. The topological polar surface area (TPSA) is 66.5 Å². The van der Waals surface area contributed by atoms with Gasteiger partial charge in [0.15, 0.2) is 0 Å². The molecule has 0 aromatic heterocycles. The van der Waals surface area contributed by atoms with E-state index in [1.54, 1.807) is 42.5 Å². The summed E-state index contributed by atoms with van der Waals surface area (Å²) in [5.41, 5.74) is 1.48. The van der Waals surface area contributed by atoms with Gasteiger partial charge < -0.3 is 5.32 Å². The van der Waals surface area contributed by atoms with Gasteiger partial charge in [-0.2, -0.15) is 4.31 Å². The molecule has 2 aromatic carbocycles. The number of carbonyl (C=O) groups is 1. The molecule has 0 spiro atoms. The van der Waals surface area contributed by atoms with E-state index in [2.05, 4.69) is 5.32 Å². The predicted octanol–water partition coefficient (Wildman–Crippen LogP) is 3.83. The largest absolute Gasteiger partial charge is 0.325 e. The van der Waals surface area contributed by atoms with Crippen LogP contribution >= 0.6 is 11.6 Å². The molecule has 26 heavy (non-hydrogen) atoms. The van der Waals surface area contributed by atoms with Crippen LogP contribution in [0, 0.1) is 6.92 Å². The van der Waals surface area contributed by atoms with E-state index in [0.29, 0.717) is 23.7 Å². The van der Waals surface area contributed by atoms with Crippen LogP contribution in [-0.2, 0) is 14.8 Å². The first-order chi connectivity index (χ1) is 12.4. The van der Waals surface area contributed by atoms with Gasteiger partial charge >= 0.3 is 0 Å². The molecule has 1 saturated heterocycles. The third kappa shape index (κ3) is 3.92. The number of amides is 1. The zero-order valence-electron chi connectivity index (χ0n) is 14.5. The van der Waals surface area contributed by atoms with Crippen molar-refractivity contribution in [3.63, 3.8) is 0 Å². The lowest BCUT2D eigenvalue weighted by atomic mass is 10.0. The first-order valence-electron chi connectivity index (χ1n) is 8.53. The highest BCUT2D eigenvalue weighted by molar-refractivity contribution is 7.89. The molecule has 0 radical (unpaired) electrons. The highest BCUT2D eigenvalue weighted by Crippen LogP contribution is 2.27. The molecule has 7 heteroatoms. The number of anilines is 1. The summed E-state index contributed by atoms with van der Waals surface area (Å²) in [6, 6.07) is 12.8. The molecule has 1 amide bonds. The Morgan fingerprint density at radius 2 is 1.88 bits per heavy atom. The number of hydrogen-bond donors (Lipinski definition) is 1. The summed E-state index contributed by atoms with van der Waals surface area (Å²) < 4.78 is 27.3. The third-order valence-electron chi connectivity index (χ3n) is 4.55. The minimum Gasteiger partial charge on any atom is -0.325 e. The van der Waals surface area contributed by atoms with Crippen molar-refractivity contribution >= 4 is 33.2 Å². The molecule has 1 aliphatic heterocycles. The van der Waals surface area contributed by atoms with Gasteiger partial charge in [-0.1, -0.05) is 42.3 Å². The number of nitrogens with zero attached hydrogens (tertiary/aromatic N) is 1. The maximum atomic E-state index is 13.0. The van der Waals surface area contributed by atoms with Crippen molar-refractivity contribution in [2.24, 2.45) is 0 Å². The molecular formula is C19H21ClN2O3S. The van der Waals surface area contributed by atoms with Crippen molar-refractivity contribution in [3.8, 4) is 0 Å². The van der Waals surface area contributed by atoms with E-state index in [1.807, 2.05) is 13.0 Å². The lowest BCUT2D eigenvalue weighted by Gasteiger charge is -2.33. The molecule has 0 saturated carbocycles. The summed E-state index contributed by atoms with van der Waals surface area (Å²) in [7, 11) is -3.72. The highest BCUT2D eigenvalue weighted by atomic mass is 35.5. The number of halogens is 1. The molecular weight excluding hydrogens is 372 g/mol. The van der Waals surface area contributed by atoms with Crippen molar-refractivity contribution in [2.45, 2.75) is 37.1 Å². The minimum absolute atomic E-state index is 0.207. The third-order valence-corrected chi connectivity index (χ3v) is 6.88. The molecule has 5 nitrogen and oxygen atoms in total. The maximum Gasteiger partial charge on any atom is 0.243 e. The Labute approximate surface area is 159 Å². The van der Waals surface area contributed by atoms with Gasteiger partial charge in [-0.3, -0.25) is 4.79 Å². The first-order valence-corrected chi connectivity index (χ1v) is 10.4. The van der Waals surface area contributed by atoms with Crippen LogP contribution in [-0.4, -0.2) is 31.2 Å². The van der Waals surface area contributed by atoms with Crippen LogP contribution in [0.3, 0.4) is 0 Å². The Hall–Kier alpha value is -1.89. The standard InChI is InChI=1S/C19H21ClN2O3S/c1-14-10-11-15(13-17(14)20)21-19(23)18-9-5-6-12-22(18)26(24,25)16-7-3-2-4-8-16/h2-4,7-8,10-11,13,18H,5-6,9,12H2,1H3,(H,21,23). The monoisotopic (exact) mass is 392 g/mol. The number of rotatable bonds is 4. The molecule has 138 valence electrons. The van der Waals surface area contributed by atoms with Crippen LogP contribution in [0.5, 0.6) is 0 Å². The molecule has 3 rings (SSSR count). The van der Waals surface area contributed by atoms with Crippen LogP contribution < -0.4 is 5.32 Å². The molecule has 1 aliphatic rings. The van der Waals surface area contributed by atoms with E-state index in [9.17, 15) is 13.2 Å². The van der Waals surface area contributed by atoms with Gasteiger partial charge in [-0.05, 0) is 49.6 Å². The van der Waals surface area contributed by atoms with Gasteiger partial charge in [-0.25, -0.2) is 8.42 Å². The second-order valence-corrected chi connectivity index (χ2v) is 8.69. The Morgan fingerprint density at radius 1 is 1.15 bits per heavy atom. The Morgan fingerprint density at radius 3 is 2.58 bits per heavy atom. The number of piperidine rings is 1. The van der Waals surface area contributed by atoms with E-state index in [1.165, 1.54) is 4.31 Å². The lowest BCUT2D eigenvalue weighted by molar-refractivity contribution is -0.120. The Kier molecular flexibility index (Phi) is 5.65. The van der Waals surface area contributed by atoms with Gasteiger partial charge in [-0.15, -0.1) is 0 Å². The quantitative estimate of drug-likeness (QED) is 0.859. The number of sulfonamides is 1. The van der Waals surface area contributed by atoms with Crippen LogP contribution in [0.1, 0.15) is 24.8 Å². The van der Waals surface area contributed by atoms with Crippen LogP contribution in [0.25, 0.3) is 0 Å². The maximum absolute atomic E-state index is 13.0. The van der Waals surface area contributed by atoms with E-state index < -0.39 is 16.1 Å². The van der Waals surface area contributed by atoms with Gasteiger partial charge in [0.05, 0.1) is 4.90 Å². The fourth-order valence-electron chi connectivity index (χ4n) is 3.08. The van der Waals surface area contributed by atoms with Crippen LogP contribution in [0.15, 0.2) is 53.4 Å². The normalized spacial score (nSPS) is 18.5. The molecule has 1 heterocycles. The zero-order valence-corrected chi connectivity index (χ0v) is 16.1. The average Bonchev–Trinajstić information content (AvgIpc) is 2.65. The van der Waals surface area contributed by atoms with Crippen molar-refractivity contribution in [1.29, 1.82) is 0 Å². The molecule has 1 atom stereocenters. The summed E-state index contributed by atoms with van der Waals surface area (Å²) >= 11 is 6.11. The van der Waals surface area contributed by atoms with E-state index in [-0.39, 0.29) is 10.8 Å². The zero-order chi connectivity index (χ0) is 18.7. The van der Waals surface area contributed by atoms with Crippen LogP contribution in [0.2, 0.25) is 5.02 Å². The number of hydrogen-bond acceptors (Lipinski definition) is 3. The average molecular weight is 393 g/mol. The number of aryl methyl sites for hydroxylation is 1. The Bertz CT molecular complexity index is 900.